The summed E-state index contributed by atoms with van der Waals surface area (Å²) in [5.74, 6) is -3.49. The van der Waals surface area contributed by atoms with Crippen molar-refractivity contribution in [2.75, 3.05) is 17.7 Å². The van der Waals surface area contributed by atoms with Crippen LogP contribution in [0.4, 0.5) is 25.8 Å². The summed E-state index contributed by atoms with van der Waals surface area (Å²) in [4.78, 5) is 34.5. The molecule has 10 heteroatoms. The zero-order valence-corrected chi connectivity index (χ0v) is 14.3. The molecule has 0 aromatic heterocycles. The highest BCUT2D eigenvalue weighted by atomic mass is 19.1. The third kappa shape index (κ3) is 4.75. The van der Waals surface area contributed by atoms with E-state index in [9.17, 15) is 28.5 Å². The van der Waals surface area contributed by atoms with E-state index in [1.54, 1.807) is 0 Å². The average Bonchev–Trinajstić information content (AvgIpc) is 2.63. The van der Waals surface area contributed by atoms with Gasteiger partial charge in [-0.15, -0.1) is 0 Å². The molecule has 1 atom stereocenters. The maximum absolute atomic E-state index is 13.6. The van der Waals surface area contributed by atoms with E-state index in [0.717, 1.165) is 24.3 Å². The molecule has 0 aliphatic rings. The highest BCUT2D eigenvalue weighted by molar-refractivity contribution is 5.97. The maximum Gasteiger partial charge on any atom is 0.339 e. The lowest BCUT2D eigenvalue weighted by Crippen LogP contribution is -2.30. The van der Waals surface area contributed by atoms with Gasteiger partial charge in [-0.3, -0.25) is 14.9 Å². The van der Waals surface area contributed by atoms with Crippen LogP contribution in [0.5, 0.6) is 0 Å². The van der Waals surface area contributed by atoms with Crippen LogP contribution in [-0.4, -0.2) is 30.0 Å². The summed E-state index contributed by atoms with van der Waals surface area (Å²) in [6.07, 6.45) is -1.36. The number of carbonyl (C=O) groups excluding carboxylic acids is 2. The van der Waals surface area contributed by atoms with E-state index >= 15 is 0 Å². The molecule has 2 aromatic rings. The molecule has 27 heavy (non-hydrogen) atoms. The Morgan fingerprint density at radius 2 is 1.85 bits per heavy atom. The molecule has 0 spiro atoms. The molecule has 0 saturated heterocycles. The molecule has 0 fully saturated rings. The fourth-order valence-electron chi connectivity index (χ4n) is 2.13. The number of nitro benzene ring substituents is 1. The molecule has 0 heterocycles. The number of amides is 1. The number of ether oxygens (including phenoxy) is 1. The van der Waals surface area contributed by atoms with Crippen LogP contribution in [0.3, 0.4) is 0 Å². The lowest BCUT2D eigenvalue weighted by Gasteiger charge is -2.14. The zero-order chi connectivity index (χ0) is 20.1. The number of carbonyl (C=O) groups is 2. The minimum atomic E-state index is -1.36. The number of esters is 1. The van der Waals surface area contributed by atoms with Crippen LogP contribution in [0.1, 0.15) is 17.3 Å². The van der Waals surface area contributed by atoms with E-state index in [0.29, 0.717) is 0 Å². The number of hydrogen-bond acceptors (Lipinski definition) is 6. The topological polar surface area (TPSA) is 111 Å². The van der Waals surface area contributed by atoms with Crippen LogP contribution in [0, 0.1) is 21.7 Å². The van der Waals surface area contributed by atoms with Crippen LogP contribution < -0.4 is 10.6 Å². The first-order chi connectivity index (χ1) is 12.7. The molecule has 1 amide bonds. The monoisotopic (exact) mass is 379 g/mol. The third-order valence-corrected chi connectivity index (χ3v) is 3.54. The summed E-state index contributed by atoms with van der Waals surface area (Å²) in [5, 5.41) is 15.8. The maximum atomic E-state index is 13.6. The van der Waals surface area contributed by atoms with Crippen molar-refractivity contribution in [1.82, 2.24) is 0 Å². The minimum absolute atomic E-state index is 0.141. The highest BCUT2D eigenvalue weighted by Crippen LogP contribution is 2.25. The van der Waals surface area contributed by atoms with E-state index < -0.39 is 40.2 Å². The number of benzene rings is 2. The molecule has 0 radical (unpaired) electrons. The largest absolute Gasteiger partial charge is 0.449 e. The number of halogens is 2. The van der Waals surface area contributed by atoms with Crippen LogP contribution >= 0.6 is 0 Å². The predicted molar refractivity (Wildman–Crippen MR) is 92.5 cm³/mol. The van der Waals surface area contributed by atoms with Crippen LogP contribution in [0.25, 0.3) is 0 Å². The lowest BCUT2D eigenvalue weighted by atomic mass is 10.1. The normalized spacial score (nSPS) is 11.4. The fraction of sp³-hybridized carbons (Fsp3) is 0.176. The quantitative estimate of drug-likeness (QED) is 0.453. The number of nitrogens with zero attached hydrogens (tertiary/aromatic N) is 1. The zero-order valence-electron chi connectivity index (χ0n) is 14.3. The van der Waals surface area contributed by atoms with E-state index in [1.165, 1.54) is 26.1 Å². The van der Waals surface area contributed by atoms with Crippen molar-refractivity contribution in [3.63, 3.8) is 0 Å². The fourth-order valence-corrected chi connectivity index (χ4v) is 2.13. The van der Waals surface area contributed by atoms with E-state index in [4.69, 9.17) is 4.74 Å². The Labute approximate surface area is 152 Å². The Morgan fingerprint density at radius 3 is 2.48 bits per heavy atom. The van der Waals surface area contributed by atoms with Crippen molar-refractivity contribution in [3.8, 4) is 0 Å². The molecule has 0 aliphatic carbocycles. The van der Waals surface area contributed by atoms with Gasteiger partial charge in [-0.25, -0.2) is 13.6 Å². The summed E-state index contributed by atoms with van der Waals surface area (Å²) in [5.41, 5.74) is -0.691. The smallest absolute Gasteiger partial charge is 0.339 e. The van der Waals surface area contributed by atoms with Crippen LogP contribution in [-0.2, 0) is 9.53 Å². The van der Waals surface area contributed by atoms with Gasteiger partial charge < -0.3 is 15.4 Å². The molecule has 2 rings (SSSR count). The molecule has 0 aliphatic heterocycles. The molecule has 8 nitrogen and oxygen atoms in total. The van der Waals surface area contributed by atoms with Gasteiger partial charge in [0.05, 0.1) is 16.2 Å². The molecule has 0 saturated carbocycles. The van der Waals surface area contributed by atoms with E-state index in [1.807, 2.05) is 0 Å². The molecule has 2 aromatic carbocycles. The average molecular weight is 379 g/mol. The summed E-state index contributed by atoms with van der Waals surface area (Å²) < 4.78 is 31.6. The van der Waals surface area contributed by atoms with Crippen molar-refractivity contribution >= 4 is 28.9 Å². The van der Waals surface area contributed by atoms with Crippen molar-refractivity contribution < 1.29 is 28.0 Å². The van der Waals surface area contributed by atoms with Crippen molar-refractivity contribution in [3.05, 3.63) is 63.7 Å². The number of nitro groups is 1. The van der Waals surface area contributed by atoms with Gasteiger partial charge in [0.2, 0.25) is 0 Å². The molecular weight excluding hydrogens is 364 g/mol. The second-order valence-corrected chi connectivity index (χ2v) is 5.40. The van der Waals surface area contributed by atoms with Crippen LogP contribution in [0.15, 0.2) is 36.4 Å². The number of nitrogens with one attached hydrogen (secondary N) is 2. The van der Waals surface area contributed by atoms with Crippen molar-refractivity contribution in [1.29, 1.82) is 0 Å². The first kappa shape index (κ1) is 19.8. The summed E-state index contributed by atoms with van der Waals surface area (Å²) >= 11 is 0. The van der Waals surface area contributed by atoms with Crippen LogP contribution in [0.2, 0.25) is 0 Å². The van der Waals surface area contributed by atoms with Gasteiger partial charge in [-0.2, -0.15) is 0 Å². The van der Waals surface area contributed by atoms with E-state index in [2.05, 4.69) is 10.6 Å². The number of anilines is 2. The van der Waals surface area contributed by atoms with E-state index in [-0.39, 0.29) is 16.9 Å². The van der Waals surface area contributed by atoms with Gasteiger partial charge in [0, 0.05) is 19.2 Å². The SMILES string of the molecule is CNc1ccc(C(=O)O[C@H](C)C(=O)Nc2cc(F)ccc2F)cc1[N+](=O)[O-]. The number of hydrogen-bond donors (Lipinski definition) is 2. The second-order valence-electron chi connectivity index (χ2n) is 5.40. The predicted octanol–water partition coefficient (Wildman–Crippen LogP) is 3.10. The molecule has 2 N–H and O–H groups in total. The summed E-state index contributed by atoms with van der Waals surface area (Å²) in [7, 11) is 1.48. The Hall–Kier alpha value is -3.56. The summed E-state index contributed by atoms with van der Waals surface area (Å²) in [6, 6.07) is 6.12. The van der Waals surface area contributed by atoms with Crippen molar-refractivity contribution in [2.24, 2.45) is 0 Å². The van der Waals surface area contributed by atoms with Gasteiger partial charge in [0.15, 0.2) is 6.10 Å². The van der Waals surface area contributed by atoms with Gasteiger partial charge in [0.25, 0.3) is 11.6 Å². The minimum Gasteiger partial charge on any atom is -0.449 e. The lowest BCUT2D eigenvalue weighted by molar-refractivity contribution is -0.384. The first-order valence-electron chi connectivity index (χ1n) is 7.66. The van der Waals surface area contributed by atoms with Gasteiger partial charge in [-0.05, 0) is 31.2 Å². The standard InChI is InChI=1S/C17H15F2N3O5/c1-9(16(23)21-14-8-11(18)4-5-12(14)19)27-17(24)10-3-6-13(20-2)15(7-10)22(25)26/h3-9,20H,1-2H3,(H,21,23)/t9-/m1/s1. The molecule has 0 unspecified atom stereocenters. The Balaban J connectivity index is 2.10. The Morgan fingerprint density at radius 1 is 1.15 bits per heavy atom. The Kier molecular flexibility index (Phi) is 6.01. The first-order valence-corrected chi connectivity index (χ1v) is 7.66. The van der Waals surface area contributed by atoms with Gasteiger partial charge >= 0.3 is 5.97 Å². The summed E-state index contributed by atoms with van der Waals surface area (Å²) in [6.45, 7) is 1.22. The highest BCUT2D eigenvalue weighted by Gasteiger charge is 2.23. The van der Waals surface area contributed by atoms with Gasteiger partial charge in [-0.1, -0.05) is 0 Å². The third-order valence-electron chi connectivity index (χ3n) is 3.54. The van der Waals surface area contributed by atoms with Crippen molar-refractivity contribution in [2.45, 2.75) is 13.0 Å². The molecule has 142 valence electrons. The number of rotatable bonds is 6. The second kappa shape index (κ2) is 8.21. The Bertz CT molecular complexity index is 904. The van der Waals surface area contributed by atoms with Gasteiger partial charge in [0.1, 0.15) is 17.3 Å². The molecule has 0 bridgehead atoms. The molecular formula is C17H15F2N3O5.